The van der Waals surface area contributed by atoms with E-state index in [1.54, 1.807) is 0 Å². The van der Waals surface area contributed by atoms with Crippen LogP contribution >= 0.6 is 11.6 Å². The largest absolute Gasteiger partial charge is 0.456 e. The van der Waals surface area contributed by atoms with Crippen molar-refractivity contribution in [1.29, 1.82) is 0 Å². The van der Waals surface area contributed by atoms with Gasteiger partial charge in [0.25, 0.3) is 5.91 Å². The molecule has 1 aromatic carbocycles. The molecule has 24 heavy (non-hydrogen) atoms. The molecule has 2 aliphatic rings. The second kappa shape index (κ2) is 8.02. The van der Waals surface area contributed by atoms with Gasteiger partial charge in [-0.25, -0.2) is 0 Å². The fraction of sp³-hybridized carbons (Fsp3) is 0.579. The summed E-state index contributed by atoms with van der Waals surface area (Å²) < 4.78 is 5.12. The van der Waals surface area contributed by atoms with Crippen LogP contribution in [0.15, 0.2) is 24.3 Å². The Bertz CT molecular complexity index is 604. The van der Waals surface area contributed by atoms with Crippen LogP contribution in [0.3, 0.4) is 0 Å². The topological polar surface area (TPSA) is 55.4 Å². The zero-order valence-corrected chi connectivity index (χ0v) is 14.6. The highest BCUT2D eigenvalue weighted by molar-refractivity contribution is 6.30. The van der Waals surface area contributed by atoms with E-state index in [1.807, 2.05) is 24.3 Å². The van der Waals surface area contributed by atoms with Crippen LogP contribution in [0.1, 0.15) is 37.7 Å². The van der Waals surface area contributed by atoms with Crippen molar-refractivity contribution in [2.75, 3.05) is 13.2 Å². The van der Waals surface area contributed by atoms with E-state index in [4.69, 9.17) is 16.3 Å². The van der Waals surface area contributed by atoms with Gasteiger partial charge in [-0.05, 0) is 61.1 Å². The lowest BCUT2D eigenvalue weighted by atomic mass is 9.86. The van der Waals surface area contributed by atoms with E-state index in [2.05, 4.69) is 5.32 Å². The summed E-state index contributed by atoms with van der Waals surface area (Å²) in [5.74, 6) is 1.51. The second-order valence-corrected chi connectivity index (χ2v) is 7.47. The van der Waals surface area contributed by atoms with Crippen molar-refractivity contribution in [2.24, 2.45) is 17.8 Å². The Morgan fingerprint density at radius 1 is 1.25 bits per heavy atom. The molecule has 1 aromatic rings. The van der Waals surface area contributed by atoms with Gasteiger partial charge in [-0.2, -0.15) is 0 Å². The first-order valence-electron chi connectivity index (χ1n) is 8.77. The quantitative estimate of drug-likeness (QED) is 0.768. The van der Waals surface area contributed by atoms with Crippen molar-refractivity contribution in [3.05, 3.63) is 34.9 Å². The third kappa shape index (κ3) is 4.73. The van der Waals surface area contributed by atoms with Gasteiger partial charge in [-0.1, -0.05) is 30.2 Å². The number of benzene rings is 1. The Labute approximate surface area is 147 Å². The van der Waals surface area contributed by atoms with Crippen LogP contribution in [-0.2, 0) is 20.7 Å². The van der Waals surface area contributed by atoms with E-state index < -0.39 is 0 Å². The first kappa shape index (κ1) is 17.3. The summed E-state index contributed by atoms with van der Waals surface area (Å²) in [7, 11) is 0. The average molecular weight is 350 g/mol. The number of hydrogen-bond acceptors (Lipinski definition) is 3. The van der Waals surface area contributed by atoms with Gasteiger partial charge in [-0.15, -0.1) is 0 Å². The van der Waals surface area contributed by atoms with Gasteiger partial charge < -0.3 is 10.1 Å². The molecule has 0 aliphatic heterocycles. The molecule has 3 atom stereocenters. The number of hydrogen-bond donors (Lipinski definition) is 1. The SMILES string of the molecule is O=C(COC(=O)C[C@H]1C[C@@H]2CC[C@@H]1C2)NCCc1cccc(Cl)c1. The molecule has 2 bridgehead atoms. The minimum atomic E-state index is -0.252. The smallest absolute Gasteiger partial charge is 0.306 e. The molecule has 130 valence electrons. The highest BCUT2D eigenvalue weighted by Gasteiger charge is 2.40. The number of esters is 1. The summed E-state index contributed by atoms with van der Waals surface area (Å²) in [5, 5.41) is 3.46. The fourth-order valence-electron chi connectivity index (χ4n) is 4.14. The number of amides is 1. The predicted molar refractivity (Wildman–Crippen MR) is 92.7 cm³/mol. The highest BCUT2D eigenvalue weighted by atomic mass is 35.5. The second-order valence-electron chi connectivity index (χ2n) is 7.03. The van der Waals surface area contributed by atoms with E-state index in [0.29, 0.717) is 36.2 Å². The van der Waals surface area contributed by atoms with Crippen molar-refractivity contribution in [2.45, 2.75) is 38.5 Å². The number of rotatable bonds is 7. The molecule has 3 rings (SSSR count). The van der Waals surface area contributed by atoms with Gasteiger partial charge >= 0.3 is 5.97 Å². The van der Waals surface area contributed by atoms with E-state index in [-0.39, 0.29) is 18.5 Å². The number of fused-ring (bicyclic) bond motifs is 2. The minimum absolute atomic E-state index is 0.185. The molecule has 0 radical (unpaired) electrons. The maximum absolute atomic E-state index is 11.9. The molecule has 0 spiro atoms. The van der Waals surface area contributed by atoms with Crippen molar-refractivity contribution >= 4 is 23.5 Å². The summed E-state index contributed by atoms with van der Waals surface area (Å²) in [6.45, 7) is 0.318. The number of nitrogens with one attached hydrogen (secondary N) is 1. The third-order valence-electron chi connectivity index (χ3n) is 5.30. The molecule has 0 saturated heterocycles. The van der Waals surface area contributed by atoms with Crippen LogP contribution in [0, 0.1) is 17.8 Å². The molecule has 0 aromatic heterocycles. The van der Waals surface area contributed by atoms with Crippen LogP contribution in [0.25, 0.3) is 0 Å². The van der Waals surface area contributed by atoms with Gasteiger partial charge in [0, 0.05) is 18.0 Å². The molecular formula is C19H24ClNO3. The molecule has 2 aliphatic carbocycles. The van der Waals surface area contributed by atoms with Crippen LogP contribution in [0.2, 0.25) is 5.02 Å². The van der Waals surface area contributed by atoms with Crippen LogP contribution in [0.5, 0.6) is 0 Å². The summed E-state index contributed by atoms with van der Waals surface area (Å²) in [4.78, 5) is 23.7. The number of halogens is 1. The fourth-order valence-corrected chi connectivity index (χ4v) is 4.35. The van der Waals surface area contributed by atoms with E-state index in [0.717, 1.165) is 17.9 Å². The van der Waals surface area contributed by atoms with Crippen molar-refractivity contribution in [3.63, 3.8) is 0 Å². The van der Waals surface area contributed by atoms with Gasteiger partial charge in [0.15, 0.2) is 6.61 Å². The lowest BCUT2D eigenvalue weighted by Crippen LogP contribution is -2.31. The molecular weight excluding hydrogens is 326 g/mol. The molecule has 0 unspecified atom stereocenters. The Kier molecular flexibility index (Phi) is 5.77. The Morgan fingerprint density at radius 3 is 2.83 bits per heavy atom. The summed E-state index contributed by atoms with van der Waals surface area (Å²) in [5.41, 5.74) is 1.07. The lowest BCUT2D eigenvalue weighted by molar-refractivity contribution is -0.149. The normalized spacial score (nSPS) is 24.8. The van der Waals surface area contributed by atoms with E-state index in [1.165, 1.54) is 19.3 Å². The molecule has 1 N–H and O–H groups in total. The average Bonchev–Trinajstić information content (AvgIpc) is 3.16. The first-order chi connectivity index (χ1) is 11.6. The maximum atomic E-state index is 11.9. The summed E-state index contributed by atoms with van der Waals surface area (Å²) in [6, 6.07) is 7.55. The number of ether oxygens (including phenoxy) is 1. The number of carbonyl (C=O) groups is 2. The molecule has 1 amide bonds. The molecule has 2 saturated carbocycles. The van der Waals surface area contributed by atoms with Gasteiger partial charge in [0.2, 0.25) is 0 Å². The monoisotopic (exact) mass is 349 g/mol. The van der Waals surface area contributed by atoms with Crippen molar-refractivity contribution in [1.82, 2.24) is 5.32 Å². The van der Waals surface area contributed by atoms with Gasteiger partial charge in [-0.3, -0.25) is 9.59 Å². The van der Waals surface area contributed by atoms with Crippen molar-refractivity contribution < 1.29 is 14.3 Å². The maximum Gasteiger partial charge on any atom is 0.306 e. The van der Waals surface area contributed by atoms with Crippen LogP contribution in [0.4, 0.5) is 0 Å². The molecule has 4 nitrogen and oxygen atoms in total. The van der Waals surface area contributed by atoms with Crippen LogP contribution < -0.4 is 5.32 Å². The third-order valence-corrected chi connectivity index (χ3v) is 5.54. The van der Waals surface area contributed by atoms with E-state index >= 15 is 0 Å². The lowest BCUT2D eigenvalue weighted by Gasteiger charge is -2.20. The predicted octanol–water partition coefficient (Wildman–Crippen LogP) is 3.37. The first-order valence-corrected chi connectivity index (χ1v) is 9.14. The molecule has 5 heteroatoms. The van der Waals surface area contributed by atoms with E-state index in [9.17, 15) is 9.59 Å². The molecule has 0 heterocycles. The molecule has 2 fully saturated rings. The highest BCUT2D eigenvalue weighted by Crippen LogP contribution is 2.49. The van der Waals surface area contributed by atoms with Crippen LogP contribution in [-0.4, -0.2) is 25.0 Å². The van der Waals surface area contributed by atoms with Crippen molar-refractivity contribution in [3.8, 4) is 0 Å². The summed E-state index contributed by atoms with van der Waals surface area (Å²) >= 11 is 5.92. The minimum Gasteiger partial charge on any atom is -0.456 e. The Morgan fingerprint density at radius 2 is 2.12 bits per heavy atom. The zero-order valence-electron chi connectivity index (χ0n) is 13.8. The standard InChI is InChI=1S/C19H24ClNO3/c20-17-3-1-2-13(10-17)6-7-21-18(22)12-24-19(23)11-16-9-14-4-5-15(16)8-14/h1-3,10,14-16H,4-9,11-12H2,(H,21,22)/t14-,15-,16-/m1/s1. The van der Waals surface area contributed by atoms with Gasteiger partial charge in [0.1, 0.15) is 0 Å². The Balaban J connectivity index is 1.30. The van der Waals surface area contributed by atoms with Gasteiger partial charge in [0.05, 0.1) is 0 Å². The summed E-state index contributed by atoms with van der Waals surface area (Å²) in [6.07, 6.45) is 6.19. The number of carbonyl (C=O) groups excluding carboxylic acids is 2. The zero-order chi connectivity index (χ0) is 16.9. The Hall–Kier alpha value is -1.55.